The maximum Gasteiger partial charge on any atom is 0.123 e. The monoisotopic (exact) mass is 307 g/mol. The zero-order valence-corrected chi connectivity index (χ0v) is 13.1. The van der Waals surface area contributed by atoms with Crippen molar-refractivity contribution < 1.29 is 14.6 Å². The molecule has 0 radical (unpaired) electrons. The second kappa shape index (κ2) is 8.02. The van der Waals surface area contributed by atoms with Crippen LogP contribution in [0.3, 0.4) is 0 Å². The van der Waals surface area contributed by atoms with E-state index in [0.717, 1.165) is 5.75 Å². The summed E-state index contributed by atoms with van der Waals surface area (Å²) < 4.78 is 10.7. The first-order chi connectivity index (χ1) is 10.2. The van der Waals surface area contributed by atoms with Gasteiger partial charge in [0.15, 0.2) is 0 Å². The normalized spacial score (nSPS) is 13.7. The summed E-state index contributed by atoms with van der Waals surface area (Å²) in [7, 11) is 1.61. The van der Waals surface area contributed by atoms with Crippen molar-refractivity contribution in [3.8, 4) is 11.5 Å². The third-order valence-corrected chi connectivity index (χ3v) is 3.89. The van der Waals surface area contributed by atoms with Crippen LogP contribution >= 0.6 is 11.3 Å². The highest BCUT2D eigenvalue weighted by Crippen LogP contribution is 2.19. The van der Waals surface area contributed by atoms with Gasteiger partial charge in [0.05, 0.1) is 7.11 Å². The van der Waals surface area contributed by atoms with Crippen LogP contribution < -0.4 is 14.8 Å². The van der Waals surface area contributed by atoms with Gasteiger partial charge in [-0.2, -0.15) is 11.3 Å². The van der Waals surface area contributed by atoms with E-state index in [1.54, 1.807) is 24.5 Å². The predicted molar refractivity (Wildman–Crippen MR) is 85.2 cm³/mol. The summed E-state index contributed by atoms with van der Waals surface area (Å²) in [5, 5.41) is 17.4. The van der Waals surface area contributed by atoms with E-state index in [-0.39, 0.29) is 12.6 Å². The van der Waals surface area contributed by atoms with Gasteiger partial charge in [-0.25, -0.2) is 0 Å². The average Bonchev–Trinajstić information content (AvgIpc) is 3.05. The fourth-order valence-electron chi connectivity index (χ4n) is 1.89. The van der Waals surface area contributed by atoms with Gasteiger partial charge in [0.25, 0.3) is 0 Å². The van der Waals surface area contributed by atoms with E-state index in [4.69, 9.17) is 9.47 Å². The lowest BCUT2D eigenvalue weighted by atomic mass is 10.2. The van der Waals surface area contributed by atoms with E-state index < -0.39 is 6.10 Å². The molecule has 1 aromatic heterocycles. The van der Waals surface area contributed by atoms with E-state index in [0.29, 0.717) is 12.3 Å². The van der Waals surface area contributed by atoms with Gasteiger partial charge in [-0.05, 0) is 41.4 Å². The molecule has 4 nitrogen and oxygen atoms in total. The minimum absolute atomic E-state index is 0.225. The Labute approximate surface area is 129 Å². The molecule has 2 atom stereocenters. The molecular formula is C16H21NO3S. The maximum absolute atomic E-state index is 9.97. The Bertz CT molecular complexity index is 530. The zero-order valence-electron chi connectivity index (χ0n) is 12.3. The van der Waals surface area contributed by atoms with Crippen LogP contribution in [0.4, 0.5) is 0 Å². The maximum atomic E-state index is 9.97. The highest BCUT2D eigenvalue weighted by atomic mass is 32.1. The average molecular weight is 307 g/mol. The molecular weight excluding hydrogens is 286 g/mol. The molecule has 2 N–H and O–H groups in total. The highest BCUT2D eigenvalue weighted by Gasteiger charge is 2.10. The summed E-state index contributed by atoms with van der Waals surface area (Å²) in [4.78, 5) is 0. The Hall–Kier alpha value is -1.56. The lowest BCUT2D eigenvalue weighted by Crippen LogP contribution is -2.32. The first kappa shape index (κ1) is 15.8. The van der Waals surface area contributed by atoms with Crippen LogP contribution in [0.5, 0.6) is 11.5 Å². The van der Waals surface area contributed by atoms with Crippen LogP contribution in [-0.2, 0) is 0 Å². The Morgan fingerprint density at radius 3 is 2.81 bits per heavy atom. The number of hydrogen-bond acceptors (Lipinski definition) is 5. The van der Waals surface area contributed by atoms with Gasteiger partial charge in [0.1, 0.15) is 24.2 Å². The van der Waals surface area contributed by atoms with Crippen molar-refractivity contribution in [2.24, 2.45) is 0 Å². The van der Waals surface area contributed by atoms with Crippen LogP contribution in [0.2, 0.25) is 0 Å². The molecule has 5 heteroatoms. The highest BCUT2D eigenvalue weighted by molar-refractivity contribution is 7.07. The number of rotatable bonds is 8. The number of benzene rings is 1. The molecule has 21 heavy (non-hydrogen) atoms. The van der Waals surface area contributed by atoms with Crippen molar-refractivity contribution >= 4 is 11.3 Å². The molecule has 0 aliphatic rings. The second-order valence-electron chi connectivity index (χ2n) is 4.83. The van der Waals surface area contributed by atoms with E-state index >= 15 is 0 Å². The lowest BCUT2D eigenvalue weighted by Gasteiger charge is -2.17. The van der Waals surface area contributed by atoms with Crippen LogP contribution in [0.25, 0.3) is 0 Å². The van der Waals surface area contributed by atoms with Gasteiger partial charge < -0.3 is 19.9 Å². The molecule has 2 aromatic rings. The molecule has 0 saturated carbocycles. The van der Waals surface area contributed by atoms with E-state index in [1.165, 1.54) is 5.56 Å². The molecule has 2 unspecified atom stereocenters. The number of methoxy groups -OCH3 is 1. The van der Waals surface area contributed by atoms with Gasteiger partial charge in [-0.1, -0.05) is 6.07 Å². The third-order valence-electron chi connectivity index (χ3n) is 3.19. The Kier molecular flexibility index (Phi) is 6.04. The Morgan fingerprint density at radius 1 is 1.29 bits per heavy atom. The van der Waals surface area contributed by atoms with Crippen molar-refractivity contribution in [2.75, 3.05) is 20.3 Å². The van der Waals surface area contributed by atoms with Gasteiger partial charge in [-0.15, -0.1) is 0 Å². The molecule has 114 valence electrons. The summed E-state index contributed by atoms with van der Waals surface area (Å²) in [6.45, 7) is 2.81. The smallest absolute Gasteiger partial charge is 0.123 e. The summed E-state index contributed by atoms with van der Waals surface area (Å²) in [6.07, 6.45) is -0.558. The SMILES string of the molecule is COc1cccc(OCC(O)CNC(C)c2ccsc2)c1. The summed E-state index contributed by atoms with van der Waals surface area (Å²) in [5.41, 5.74) is 1.24. The molecule has 0 aliphatic carbocycles. The topological polar surface area (TPSA) is 50.7 Å². The fraction of sp³-hybridized carbons (Fsp3) is 0.375. The Morgan fingerprint density at radius 2 is 2.10 bits per heavy atom. The van der Waals surface area contributed by atoms with Gasteiger partial charge >= 0.3 is 0 Å². The molecule has 0 amide bonds. The first-order valence-electron chi connectivity index (χ1n) is 6.89. The van der Waals surface area contributed by atoms with Crippen LogP contribution in [0, 0.1) is 0 Å². The molecule has 2 rings (SSSR count). The predicted octanol–water partition coefficient (Wildman–Crippen LogP) is 2.85. The lowest BCUT2D eigenvalue weighted by molar-refractivity contribution is 0.104. The quantitative estimate of drug-likeness (QED) is 0.787. The van der Waals surface area contributed by atoms with Gasteiger partial charge in [0.2, 0.25) is 0 Å². The van der Waals surface area contributed by atoms with Crippen molar-refractivity contribution in [3.63, 3.8) is 0 Å². The van der Waals surface area contributed by atoms with Crippen LogP contribution in [-0.4, -0.2) is 31.5 Å². The number of thiophene rings is 1. The summed E-state index contributed by atoms with van der Waals surface area (Å²) >= 11 is 1.67. The molecule has 1 heterocycles. The molecule has 0 saturated heterocycles. The van der Waals surface area contributed by atoms with Crippen LogP contribution in [0.15, 0.2) is 41.1 Å². The number of nitrogens with one attached hydrogen (secondary N) is 1. The minimum atomic E-state index is -0.558. The minimum Gasteiger partial charge on any atom is -0.497 e. The number of aliphatic hydroxyl groups is 1. The standard InChI is InChI=1S/C16H21NO3S/c1-12(13-6-7-21-11-13)17-9-14(18)10-20-16-5-3-4-15(8-16)19-2/h3-8,11-12,14,17-18H,9-10H2,1-2H3. The number of hydrogen-bond donors (Lipinski definition) is 2. The van der Waals surface area contributed by atoms with Crippen molar-refractivity contribution in [2.45, 2.75) is 19.1 Å². The van der Waals surface area contributed by atoms with Crippen molar-refractivity contribution in [3.05, 3.63) is 46.7 Å². The van der Waals surface area contributed by atoms with E-state index in [9.17, 15) is 5.11 Å². The molecule has 1 aromatic carbocycles. The molecule has 0 spiro atoms. The van der Waals surface area contributed by atoms with Gasteiger partial charge in [-0.3, -0.25) is 0 Å². The number of aliphatic hydroxyl groups excluding tert-OH is 1. The van der Waals surface area contributed by atoms with Gasteiger partial charge in [0, 0.05) is 18.7 Å². The first-order valence-corrected chi connectivity index (χ1v) is 7.83. The fourth-order valence-corrected chi connectivity index (χ4v) is 2.65. The Balaban J connectivity index is 1.73. The molecule has 0 bridgehead atoms. The molecule has 0 fully saturated rings. The van der Waals surface area contributed by atoms with E-state index in [2.05, 4.69) is 29.1 Å². The summed E-state index contributed by atoms with van der Waals surface area (Å²) in [5.74, 6) is 1.44. The third kappa shape index (κ3) is 5.04. The molecule has 0 aliphatic heterocycles. The number of ether oxygens (including phenoxy) is 2. The van der Waals surface area contributed by atoms with Crippen LogP contribution in [0.1, 0.15) is 18.5 Å². The zero-order chi connectivity index (χ0) is 15.1. The largest absolute Gasteiger partial charge is 0.497 e. The van der Waals surface area contributed by atoms with Crippen molar-refractivity contribution in [1.82, 2.24) is 5.32 Å². The summed E-state index contributed by atoms with van der Waals surface area (Å²) in [6, 6.07) is 9.67. The van der Waals surface area contributed by atoms with E-state index in [1.807, 2.05) is 18.2 Å². The van der Waals surface area contributed by atoms with Crippen molar-refractivity contribution in [1.29, 1.82) is 0 Å². The second-order valence-corrected chi connectivity index (χ2v) is 5.61.